The predicted octanol–water partition coefficient (Wildman–Crippen LogP) is 3.53. The van der Waals surface area contributed by atoms with Gasteiger partial charge in [-0.3, -0.25) is 14.5 Å². The van der Waals surface area contributed by atoms with Crippen LogP contribution in [0.5, 0.6) is 0 Å². The summed E-state index contributed by atoms with van der Waals surface area (Å²) in [6.07, 6.45) is 2.15. The van der Waals surface area contributed by atoms with Crippen molar-refractivity contribution in [2.24, 2.45) is 0 Å². The minimum atomic E-state index is -0.451. The Balaban J connectivity index is 1.33. The fourth-order valence-electron chi connectivity index (χ4n) is 4.14. The Morgan fingerprint density at radius 3 is 2.48 bits per heavy atom. The second-order valence-electron chi connectivity index (χ2n) is 7.96. The number of halogens is 1. The van der Waals surface area contributed by atoms with E-state index in [4.69, 9.17) is 11.6 Å². The fraction of sp³-hybridized carbons (Fsp3) is 0.391. The molecule has 1 N–H and O–H groups in total. The van der Waals surface area contributed by atoms with Gasteiger partial charge in [-0.2, -0.15) is 0 Å². The molecular formula is C23H26ClN3O2. The lowest BCUT2D eigenvalue weighted by Gasteiger charge is -2.33. The maximum atomic E-state index is 12.9. The topological polar surface area (TPSA) is 52.7 Å². The van der Waals surface area contributed by atoms with Gasteiger partial charge >= 0.3 is 0 Å². The maximum absolute atomic E-state index is 12.9. The van der Waals surface area contributed by atoms with E-state index in [1.165, 1.54) is 10.5 Å². The van der Waals surface area contributed by atoms with Crippen molar-refractivity contribution >= 4 is 29.1 Å². The average Bonchev–Trinajstić information content (AvgIpc) is 2.99. The van der Waals surface area contributed by atoms with Crippen molar-refractivity contribution in [2.75, 3.05) is 18.0 Å². The van der Waals surface area contributed by atoms with E-state index < -0.39 is 6.04 Å². The summed E-state index contributed by atoms with van der Waals surface area (Å²) in [5, 5.41) is 4.00. The molecule has 2 heterocycles. The van der Waals surface area contributed by atoms with Gasteiger partial charge in [0.15, 0.2) is 0 Å². The van der Waals surface area contributed by atoms with Gasteiger partial charge in [0.05, 0.1) is 18.2 Å². The Morgan fingerprint density at radius 1 is 1.07 bits per heavy atom. The molecule has 29 heavy (non-hydrogen) atoms. The number of nitrogens with one attached hydrogen (secondary N) is 1. The number of amides is 2. The van der Waals surface area contributed by atoms with Crippen LogP contribution in [0.3, 0.4) is 0 Å². The highest BCUT2D eigenvalue weighted by Gasteiger charge is 2.40. The van der Waals surface area contributed by atoms with E-state index in [2.05, 4.69) is 34.5 Å². The Labute approximate surface area is 176 Å². The molecular weight excluding hydrogens is 386 g/mol. The van der Waals surface area contributed by atoms with Crippen LogP contribution in [0, 0.1) is 6.92 Å². The smallest absolute Gasteiger partial charge is 0.251 e. The van der Waals surface area contributed by atoms with Crippen LogP contribution in [-0.2, 0) is 16.1 Å². The van der Waals surface area contributed by atoms with E-state index in [0.717, 1.165) is 38.0 Å². The molecule has 0 spiro atoms. The third-order valence-corrected chi connectivity index (χ3v) is 6.24. The summed E-state index contributed by atoms with van der Waals surface area (Å²) in [6.45, 7) is 4.82. The van der Waals surface area contributed by atoms with Crippen molar-refractivity contribution in [3.63, 3.8) is 0 Å². The number of hydrogen-bond acceptors (Lipinski definition) is 4. The quantitative estimate of drug-likeness (QED) is 0.764. The highest BCUT2D eigenvalue weighted by atomic mass is 35.5. The minimum absolute atomic E-state index is 0.172. The monoisotopic (exact) mass is 411 g/mol. The highest BCUT2D eigenvalue weighted by molar-refractivity contribution is 6.32. The van der Waals surface area contributed by atoms with E-state index in [1.54, 1.807) is 12.1 Å². The van der Waals surface area contributed by atoms with Crippen molar-refractivity contribution in [3.8, 4) is 0 Å². The summed E-state index contributed by atoms with van der Waals surface area (Å²) >= 11 is 6.18. The normalized spacial score (nSPS) is 21.2. The van der Waals surface area contributed by atoms with Gasteiger partial charge in [0.2, 0.25) is 5.91 Å². The Hall–Kier alpha value is -2.21. The van der Waals surface area contributed by atoms with Crippen molar-refractivity contribution in [2.45, 2.75) is 44.8 Å². The third kappa shape index (κ3) is 4.53. The van der Waals surface area contributed by atoms with E-state index in [9.17, 15) is 9.59 Å². The SMILES string of the molecule is Cc1ccc(N2C(=O)CC(NC3CCN(Cc4ccccc4)CC3)C2=O)cc1Cl. The first-order valence-electron chi connectivity index (χ1n) is 10.2. The molecule has 2 aromatic rings. The molecule has 2 aliphatic rings. The number of carbonyl (C=O) groups excluding carboxylic acids is 2. The molecule has 6 heteroatoms. The van der Waals surface area contributed by atoms with E-state index in [1.807, 2.05) is 19.1 Å². The minimum Gasteiger partial charge on any atom is -0.303 e. The molecule has 0 bridgehead atoms. The van der Waals surface area contributed by atoms with Crippen molar-refractivity contribution < 1.29 is 9.59 Å². The summed E-state index contributed by atoms with van der Waals surface area (Å²) in [7, 11) is 0. The molecule has 2 fully saturated rings. The summed E-state index contributed by atoms with van der Waals surface area (Å²) in [5.74, 6) is -0.351. The molecule has 5 nitrogen and oxygen atoms in total. The second kappa shape index (κ2) is 8.66. The molecule has 2 aliphatic heterocycles. The fourth-order valence-corrected chi connectivity index (χ4v) is 4.31. The highest BCUT2D eigenvalue weighted by Crippen LogP contribution is 2.28. The van der Waals surface area contributed by atoms with Crippen LogP contribution in [0.2, 0.25) is 5.02 Å². The number of nitrogens with zero attached hydrogens (tertiary/aromatic N) is 2. The molecule has 1 unspecified atom stereocenters. The molecule has 1 atom stereocenters. The van der Waals surface area contributed by atoms with E-state index in [-0.39, 0.29) is 24.3 Å². The molecule has 2 aromatic carbocycles. The van der Waals surface area contributed by atoms with E-state index in [0.29, 0.717) is 10.7 Å². The second-order valence-corrected chi connectivity index (χ2v) is 8.37. The van der Waals surface area contributed by atoms with Gasteiger partial charge in [-0.05, 0) is 56.1 Å². The van der Waals surface area contributed by atoms with Gasteiger partial charge < -0.3 is 5.32 Å². The summed E-state index contributed by atoms with van der Waals surface area (Å²) in [5.41, 5.74) is 2.80. The first-order chi connectivity index (χ1) is 14.0. The largest absolute Gasteiger partial charge is 0.303 e. The number of benzene rings is 2. The number of aryl methyl sites for hydroxylation is 1. The summed E-state index contributed by atoms with van der Waals surface area (Å²) in [6, 6.07) is 15.6. The van der Waals surface area contributed by atoms with E-state index >= 15 is 0 Å². The molecule has 0 radical (unpaired) electrons. The van der Waals surface area contributed by atoms with Crippen molar-refractivity contribution in [1.82, 2.24) is 10.2 Å². The zero-order valence-electron chi connectivity index (χ0n) is 16.6. The molecule has 2 saturated heterocycles. The summed E-state index contributed by atoms with van der Waals surface area (Å²) < 4.78 is 0. The van der Waals surface area contributed by atoms with Gasteiger partial charge in [-0.25, -0.2) is 4.90 Å². The zero-order valence-corrected chi connectivity index (χ0v) is 17.4. The molecule has 152 valence electrons. The number of carbonyl (C=O) groups is 2. The molecule has 0 saturated carbocycles. The standard InChI is InChI=1S/C23H26ClN3O2/c1-16-7-8-19(13-20(16)24)27-22(28)14-21(23(27)29)25-18-9-11-26(12-10-18)15-17-5-3-2-4-6-17/h2-8,13,18,21,25H,9-12,14-15H2,1H3. The number of rotatable bonds is 5. The molecule has 0 aromatic heterocycles. The average molecular weight is 412 g/mol. The Bertz CT molecular complexity index is 894. The van der Waals surface area contributed by atoms with Crippen LogP contribution in [-0.4, -0.2) is 41.9 Å². The Kier molecular flexibility index (Phi) is 5.99. The number of likely N-dealkylation sites (tertiary alicyclic amines) is 1. The van der Waals surface area contributed by atoms with Crippen LogP contribution >= 0.6 is 11.6 Å². The third-order valence-electron chi connectivity index (χ3n) is 5.83. The lowest BCUT2D eigenvalue weighted by Crippen LogP contribution is -2.48. The Morgan fingerprint density at radius 2 is 1.79 bits per heavy atom. The first kappa shape index (κ1) is 20.1. The zero-order chi connectivity index (χ0) is 20.4. The molecule has 0 aliphatic carbocycles. The van der Waals surface area contributed by atoms with Gasteiger partial charge in [0.25, 0.3) is 5.91 Å². The van der Waals surface area contributed by atoms with Crippen LogP contribution in [0.4, 0.5) is 5.69 Å². The van der Waals surface area contributed by atoms with Gasteiger partial charge in [0, 0.05) is 17.6 Å². The van der Waals surface area contributed by atoms with Crippen LogP contribution in [0.1, 0.15) is 30.4 Å². The van der Waals surface area contributed by atoms with Crippen molar-refractivity contribution in [3.05, 3.63) is 64.7 Å². The van der Waals surface area contributed by atoms with Crippen LogP contribution < -0.4 is 10.2 Å². The van der Waals surface area contributed by atoms with Crippen LogP contribution in [0.25, 0.3) is 0 Å². The van der Waals surface area contributed by atoms with Gasteiger partial charge in [0.1, 0.15) is 0 Å². The first-order valence-corrected chi connectivity index (χ1v) is 10.5. The van der Waals surface area contributed by atoms with Crippen LogP contribution in [0.15, 0.2) is 48.5 Å². The number of anilines is 1. The molecule has 4 rings (SSSR count). The summed E-state index contributed by atoms with van der Waals surface area (Å²) in [4.78, 5) is 29.1. The molecule has 2 amide bonds. The lowest BCUT2D eigenvalue weighted by atomic mass is 10.0. The van der Waals surface area contributed by atoms with Crippen molar-refractivity contribution in [1.29, 1.82) is 0 Å². The van der Waals surface area contributed by atoms with Gasteiger partial charge in [-0.15, -0.1) is 0 Å². The van der Waals surface area contributed by atoms with Gasteiger partial charge in [-0.1, -0.05) is 48.0 Å². The number of hydrogen-bond donors (Lipinski definition) is 1. The number of imide groups is 1. The lowest BCUT2D eigenvalue weighted by molar-refractivity contribution is -0.121. The number of piperidine rings is 1. The maximum Gasteiger partial charge on any atom is 0.251 e. The predicted molar refractivity (Wildman–Crippen MR) is 115 cm³/mol.